The number of carbonyl (C=O) groups excluding carboxylic acids is 1. The normalized spacial score (nSPS) is 26.2. The SMILES string of the molecule is COC1C(=O)CC1OC(C)c1ccccc1. The van der Waals surface area contributed by atoms with Crippen molar-refractivity contribution in [3.63, 3.8) is 0 Å². The van der Waals surface area contributed by atoms with Crippen molar-refractivity contribution in [1.82, 2.24) is 0 Å². The zero-order chi connectivity index (χ0) is 11.5. The van der Waals surface area contributed by atoms with Gasteiger partial charge in [-0.1, -0.05) is 30.3 Å². The smallest absolute Gasteiger partial charge is 0.166 e. The predicted octanol–water partition coefficient (Wildman–Crippen LogP) is 2.12. The average molecular weight is 220 g/mol. The summed E-state index contributed by atoms with van der Waals surface area (Å²) in [5.74, 6) is 0.132. The molecular weight excluding hydrogens is 204 g/mol. The van der Waals surface area contributed by atoms with E-state index in [0.29, 0.717) is 6.42 Å². The summed E-state index contributed by atoms with van der Waals surface area (Å²) in [5, 5.41) is 0. The Labute approximate surface area is 95.4 Å². The molecular formula is C13H16O3. The van der Waals surface area contributed by atoms with E-state index in [0.717, 1.165) is 5.56 Å². The third-order valence-electron chi connectivity index (χ3n) is 2.96. The van der Waals surface area contributed by atoms with Crippen molar-refractivity contribution in [3.8, 4) is 0 Å². The molecule has 3 atom stereocenters. The van der Waals surface area contributed by atoms with E-state index in [4.69, 9.17) is 9.47 Å². The highest BCUT2D eigenvalue weighted by Gasteiger charge is 2.41. The second-order valence-corrected chi connectivity index (χ2v) is 4.05. The number of benzene rings is 1. The highest BCUT2D eigenvalue weighted by Crippen LogP contribution is 2.28. The molecule has 1 fully saturated rings. The fraction of sp³-hybridized carbons (Fsp3) is 0.462. The first kappa shape index (κ1) is 11.3. The van der Waals surface area contributed by atoms with Gasteiger partial charge in [0.1, 0.15) is 6.10 Å². The number of rotatable bonds is 4. The Morgan fingerprint density at radius 2 is 2.00 bits per heavy atom. The van der Waals surface area contributed by atoms with Crippen LogP contribution in [0, 0.1) is 0 Å². The van der Waals surface area contributed by atoms with E-state index in [1.54, 1.807) is 7.11 Å². The van der Waals surface area contributed by atoms with Crippen molar-refractivity contribution in [2.24, 2.45) is 0 Å². The lowest BCUT2D eigenvalue weighted by molar-refractivity contribution is -0.168. The van der Waals surface area contributed by atoms with Crippen LogP contribution in [0.1, 0.15) is 25.0 Å². The summed E-state index contributed by atoms with van der Waals surface area (Å²) < 4.78 is 10.9. The van der Waals surface area contributed by atoms with Gasteiger partial charge in [0.2, 0.25) is 0 Å². The fourth-order valence-electron chi connectivity index (χ4n) is 1.94. The van der Waals surface area contributed by atoms with E-state index >= 15 is 0 Å². The maximum absolute atomic E-state index is 11.2. The van der Waals surface area contributed by atoms with Gasteiger partial charge in [-0.25, -0.2) is 0 Å². The van der Waals surface area contributed by atoms with Crippen molar-refractivity contribution < 1.29 is 14.3 Å². The van der Waals surface area contributed by atoms with Gasteiger partial charge in [0, 0.05) is 13.5 Å². The monoisotopic (exact) mass is 220 g/mol. The van der Waals surface area contributed by atoms with Crippen LogP contribution in [-0.4, -0.2) is 25.1 Å². The summed E-state index contributed by atoms with van der Waals surface area (Å²) in [7, 11) is 1.55. The number of hydrogen-bond donors (Lipinski definition) is 0. The van der Waals surface area contributed by atoms with Crippen LogP contribution in [0.25, 0.3) is 0 Å². The van der Waals surface area contributed by atoms with Gasteiger partial charge in [-0.15, -0.1) is 0 Å². The molecule has 0 spiro atoms. The molecule has 2 rings (SSSR count). The molecule has 0 N–H and O–H groups in total. The van der Waals surface area contributed by atoms with Crippen LogP contribution in [0.2, 0.25) is 0 Å². The number of carbonyl (C=O) groups is 1. The number of methoxy groups -OCH3 is 1. The van der Waals surface area contributed by atoms with Crippen LogP contribution >= 0.6 is 0 Å². The van der Waals surface area contributed by atoms with Crippen LogP contribution in [0.3, 0.4) is 0 Å². The molecule has 0 aromatic heterocycles. The maximum atomic E-state index is 11.2. The molecule has 0 amide bonds. The van der Waals surface area contributed by atoms with E-state index in [2.05, 4.69) is 0 Å². The Hall–Kier alpha value is -1.19. The summed E-state index contributed by atoms with van der Waals surface area (Å²) in [5.41, 5.74) is 1.12. The third-order valence-corrected chi connectivity index (χ3v) is 2.96. The number of ketones is 1. The van der Waals surface area contributed by atoms with E-state index in [-0.39, 0.29) is 24.1 Å². The van der Waals surface area contributed by atoms with Crippen LogP contribution in [0.5, 0.6) is 0 Å². The molecule has 1 aliphatic rings. The zero-order valence-corrected chi connectivity index (χ0v) is 9.55. The molecule has 1 aliphatic carbocycles. The van der Waals surface area contributed by atoms with Crippen molar-refractivity contribution in [3.05, 3.63) is 35.9 Å². The van der Waals surface area contributed by atoms with Crippen LogP contribution < -0.4 is 0 Å². The Morgan fingerprint density at radius 3 is 2.56 bits per heavy atom. The largest absolute Gasteiger partial charge is 0.371 e. The van der Waals surface area contributed by atoms with Gasteiger partial charge in [-0.2, -0.15) is 0 Å². The average Bonchev–Trinajstić information content (AvgIpc) is 2.30. The summed E-state index contributed by atoms with van der Waals surface area (Å²) in [6.45, 7) is 1.99. The lowest BCUT2D eigenvalue weighted by Crippen LogP contribution is -2.50. The number of hydrogen-bond acceptors (Lipinski definition) is 3. The maximum Gasteiger partial charge on any atom is 0.166 e. The van der Waals surface area contributed by atoms with Crippen LogP contribution in [0.15, 0.2) is 30.3 Å². The Bertz CT molecular complexity index is 361. The van der Waals surface area contributed by atoms with Crippen molar-refractivity contribution in [2.45, 2.75) is 31.7 Å². The second kappa shape index (κ2) is 4.76. The minimum atomic E-state index is -0.369. The fourth-order valence-corrected chi connectivity index (χ4v) is 1.94. The van der Waals surface area contributed by atoms with Gasteiger partial charge in [-0.3, -0.25) is 4.79 Å². The van der Waals surface area contributed by atoms with E-state index in [1.165, 1.54) is 0 Å². The molecule has 1 saturated carbocycles. The molecule has 0 radical (unpaired) electrons. The number of ether oxygens (including phenoxy) is 2. The second-order valence-electron chi connectivity index (χ2n) is 4.05. The van der Waals surface area contributed by atoms with Gasteiger partial charge in [0.15, 0.2) is 5.78 Å². The molecule has 3 nitrogen and oxygen atoms in total. The lowest BCUT2D eigenvalue weighted by atomic mass is 9.89. The molecule has 0 aliphatic heterocycles. The van der Waals surface area contributed by atoms with Crippen LogP contribution in [0.4, 0.5) is 0 Å². The van der Waals surface area contributed by atoms with Gasteiger partial charge in [-0.05, 0) is 12.5 Å². The first-order chi connectivity index (χ1) is 7.72. The minimum absolute atomic E-state index is 0.00282. The Kier molecular flexibility index (Phi) is 3.36. The third kappa shape index (κ3) is 2.15. The molecule has 3 unspecified atom stereocenters. The first-order valence-corrected chi connectivity index (χ1v) is 5.48. The highest BCUT2D eigenvalue weighted by atomic mass is 16.5. The first-order valence-electron chi connectivity index (χ1n) is 5.48. The topological polar surface area (TPSA) is 35.5 Å². The van der Waals surface area contributed by atoms with E-state index in [1.807, 2.05) is 37.3 Å². The molecule has 1 aromatic rings. The van der Waals surface area contributed by atoms with Crippen LogP contribution in [-0.2, 0) is 14.3 Å². The molecule has 3 heteroatoms. The summed E-state index contributed by atoms with van der Waals surface area (Å²) >= 11 is 0. The summed E-state index contributed by atoms with van der Waals surface area (Å²) in [6, 6.07) is 9.98. The van der Waals surface area contributed by atoms with Gasteiger partial charge in [0.25, 0.3) is 0 Å². The molecule has 16 heavy (non-hydrogen) atoms. The van der Waals surface area contributed by atoms with Crippen molar-refractivity contribution >= 4 is 5.78 Å². The molecule has 0 saturated heterocycles. The zero-order valence-electron chi connectivity index (χ0n) is 9.55. The predicted molar refractivity (Wildman–Crippen MR) is 60.2 cm³/mol. The lowest BCUT2D eigenvalue weighted by Gasteiger charge is -2.35. The summed E-state index contributed by atoms with van der Waals surface area (Å²) in [6.07, 6.45) is 0.00573. The van der Waals surface area contributed by atoms with Gasteiger partial charge < -0.3 is 9.47 Å². The van der Waals surface area contributed by atoms with E-state index in [9.17, 15) is 4.79 Å². The van der Waals surface area contributed by atoms with Gasteiger partial charge >= 0.3 is 0 Å². The number of Topliss-reactive ketones (excluding diaryl/α,β-unsaturated/α-hetero) is 1. The molecule has 1 aromatic carbocycles. The minimum Gasteiger partial charge on any atom is -0.371 e. The van der Waals surface area contributed by atoms with Crippen molar-refractivity contribution in [2.75, 3.05) is 7.11 Å². The van der Waals surface area contributed by atoms with E-state index < -0.39 is 0 Å². The van der Waals surface area contributed by atoms with Gasteiger partial charge in [0.05, 0.1) is 12.2 Å². The standard InChI is InChI=1S/C13H16O3/c1-9(10-6-4-3-5-7-10)16-12-8-11(14)13(12)15-2/h3-7,9,12-13H,8H2,1-2H3. The summed E-state index contributed by atoms with van der Waals surface area (Å²) in [4.78, 5) is 11.2. The Balaban J connectivity index is 1.94. The molecule has 0 heterocycles. The molecule has 86 valence electrons. The Morgan fingerprint density at radius 1 is 1.31 bits per heavy atom. The van der Waals surface area contributed by atoms with Crippen molar-refractivity contribution in [1.29, 1.82) is 0 Å². The quantitative estimate of drug-likeness (QED) is 0.779. The molecule has 0 bridgehead atoms. The highest BCUT2D eigenvalue weighted by molar-refractivity contribution is 5.90.